The van der Waals surface area contributed by atoms with Crippen LogP contribution < -0.4 is 5.32 Å². The van der Waals surface area contributed by atoms with E-state index in [1.807, 2.05) is 0 Å². The van der Waals surface area contributed by atoms with Crippen molar-refractivity contribution in [1.82, 2.24) is 10.2 Å². The van der Waals surface area contributed by atoms with E-state index in [2.05, 4.69) is 5.32 Å². The Kier molecular flexibility index (Phi) is 6.10. The number of halogens is 1. The van der Waals surface area contributed by atoms with Gasteiger partial charge in [0.15, 0.2) is 12.0 Å². The molecule has 0 bridgehead atoms. The van der Waals surface area contributed by atoms with E-state index in [0.717, 1.165) is 32.1 Å². The third kappa shape index (κ3) is 4.40. The maximum atomic E-state index is 12.8. The molecule has 1 saturated carbocycles. The van der Waals surface area contributed by atoms with Gasteiger partial charge in [0, 0.05) is 23.2 Å². The lowest BCUT2D eigenvalue weighted by molar-refractivity contribution is -0.140. The third-order valence-electron chi connectivity index (χ3n) is 5.23. The quantitative estimate of drug-likeness (QED) is 0.788. The second kappa shape index (κ2) is 8.30. The van der Waals surface area contributed by atoms with Crippen LogP contribution in [0.15, 0.2) is 24.3 Å². The molecule has 1 heterocycles. The number of hydrogen-bond acceptors (Lipinski definition) is 4. The molecule has 6 heteroatoms. The number of carbonyl (C=O) groups is 2. The summed E-state index contributed by atoms with van der Waals surface area (Å²) in [5, 5.41) is 14.0. The van der Waals surface area contributed by atoms with Gasteiger partial charge in [0.2, 0.25) is 0 Å². The maximum absolute atomic E-state index is 12.8. The van der Waals surface area contributed by atoms with Crippen molar-refractivity contribution in [3.8, 4) is 0 Å². The number of likely N-dealkylation sites (tertiary alicyclic amines) is 1. The number of carbonyl (C=O) groups excluding carboxylic acids is 2. The minimum absolute atomic E-state index is 0.0707. The number of nitrogens with one attached hydrogen (secondary N) is 1. The molecule has 2 atom stereocenters. The van der Waals surface area contributed by atoms with Crippen molar-refractivity contribution in [2.45, 2.75) is 63.3 Å². The van der Waals surface area contributed by atoms with Gasteiger partial charge in [-0.05, 0) is 49.9 Å². The van der Waals surface area contributed by atoms with E-state index in [4.69, 9.17) is 11.6 Å². The first-order chi connectivity index (χ1) is 12.1. The number of Topliss-reactive ketones (excluding diaryl/α,β-unsaturated/α-hetero) is 1. The average molecular weight is 365 g/mol. The summed E-state index contributed by atoms with van der Waals surface area (Å²) in [4.78, 5) is 26.8. The van der Waals surface area contributed by atoms with Crippen LogP contribution in [0.25, 0.3) is 0 Å². The second-order valence-electron chi connectivity index (χ2n) is 6.98. The van der Waals surface area contributed by atoms with E-state index in [9.17, 15) is 14.7 Å². The fourth-order valence-electron chi connectivity index (χ4n) is 3.84. The molecule has 136 valence electrons. The number of ketones is 1. The molecule has 1 saturated heterocycles. The molecule has 2 unspecified atom stereocenters. The molecule has 0 radical (unpaired) electrons. The van der Waals surface area contributed by atoms with Crippen molar-refractivity contribution >= 4 is 23.3 Å². The number of aliphatic hydroxyl groups excluding tert-OH is 1. The first-order valence-corrected chi connectivity index (χ1v) is 9.48. The summed E-state index contributed by atoms with van der Waals surface area (Å²) in [6.45, 7) is 0.545. The lowest BCUT2D eigenvalue weighted by Gasteiger charge is -2.30. The fourth-order valence-corrected chi connectivity index (χ4v) is 3.97. The van der Waals surface area contributed by atoms with Gasteiger partial charge in [-0.15, -0.1) is 0 Å². The lowest BCUT2D eigenvalue weighted by Crippen LogP contribution is -2.53. The molecule has 1 aromatic carbocycles. The third-order valence-corrected chi connectivity index (χ3v) is 5.48. The molecule has 1 aliphatic carbocycles. The van der Waals surface area contributed by atoms with Crippen LogP contribution in [0.5, 0.6) is 0 Å². The van der Waals surface area contributed by atoms with E-state index < -0.39 is 12.3 Å². The highest BCUT2D eigenvalue weighted by molar-refractivity contribution is 6.30. The number of nitrogens with zero attached hydrogens (tertiary/aromatic N) is 1. The normalized spacial score (nSPS) is 23.4. The monoisotopic (exact) mass is 364 g/mol. The molecular weight excluding hydrogens is 340 g/mol. The summed E-state index contributed by atoms with van der Waals surface area (Å²) in [5.74, 6) is -0.457. The Morgan fingerprint density at radius 2 is 1.76 bits per heavy atom. The van der Waals surface area contributed by atoms with Crippen LogP contribution in [0.2, 0.25) is 5.02 Å². The number of rotatable bonds is 5. The van der Waals surface area contributed by atoms with Gasteiger partial charge in [-0.25, -0.2) is 0 Å². The molecule has 5 nitrogen and oxygen atoms in total. The van der Waals surface area contributed by atoms with Gasteiger partial charge in [0.05, 0.1) is 6.04 Å². The summed E-state index contributed by atoms with van der Waals surface area (Å²) in [7, 11) is 0. The van der Waals surface area contributed by atoms with Crippen molar-refractivity contribution in [3.05, 3.63) is 34.9 Å². The molecule has 2 aliphatic rings. The molecule has 1 aliphatic heterocycles. The standard InChI is InChI=1S/C19H25ClN2O3/c20-14-10-8-13(9-11-14)17(23)16-7-4-12-22(16)19(25)18(24)21-15-5-2-1-3-6-15/h8-11,15-16,19,25H,1-7,12H2,(H,21,24). The maximum Gasteiger partial charge on any atom is 0.264 e. The predicted molar refractivity (Wildman–Crippen MR) is 96.5 cm³/mol. The zero-order chi connectivity index (χ0) is 17.8. The van der Waals surface area contributed by atoms with Gasteiger partial charge in [-0.1, -0.05) is 30.9 Å². The summed E-state index contributed by atoms with van der Waals surface area (Å²) >= 11 is 5.87. The van der Waals surface area contributed by atoms with Crippen molar-refractivity contribution in [3.63, 3.8) is 0 Å². The molecular formula is C19H25ClN2O3. The van der Waals surface area contributed by atoms with Crippen LogP contribution in [0.3, 0.4) is 0 Å². The largest absolute Gasteiger partial charge is 0.370 e. The van der Waals surface area contributed by atoms with Gasteiger partial charge >= 0.3 is 0 Å². The summed E-state index contributed by atoms with van der Waals surface area (Å²) in [5.41, 5.74) is 0.557. The topological polar surface area (TPSA) is 69.6 Å². The van der Waals surface area contributed by atoms with Crippen molar-refractivity contribution in [1.29, 1.82) is 0 Å². The van der Waals surface area contributed by atoms with Crippen LogP contribution in [-0.2, 0) is 4.79 Å². The van der Waals surface area contributed by atoms with Crippen LogP contribution >= 0.6 is 11.6 Å². The highest BCUT2D eigenvalue weighted by Gasteiger charge is 2.38. The van der Waals surface area contributed by atoms with E-state index in [-0.39, 0.29) is 17.7 Å². The summed E-state index contributed by atoms with van der Waals surface area (Å²) < 4.78 is 0. The first-order valence-electron chi connectivity index (χ1n) is 9.10. The molecule has 2 fully saturated rings. The highest BCUT2D eigenvalue weighted by atomic mass is 35.5. The lowest BCUT2D eigenvalue weighted by atomic mass is 9.95. The van der Waals surface area contributed by atoms with Crippen LogP contribution in [-0.4, -0.2) is 46.6 Å². The second-order valence-corrected chi connectivity index (χ2v) is 7.42. The van der Waals surface area contributed by atoms with Crippen LogP contribution in [0, 0.1) is 0 Å². The zero-order valence-electron chi connectivity index (χ0n) is 14.3. The minimum atomic E-state index is -1.27. The predicted octanol–water partition coefficient (Wildman–Crippen LogP) is 2.75. The highest BCUT2D eigenvalue weighted by Crippen LogP contribution is 2.24. The summed E-state index contributed by atoms with van der Waals surface area (Å²) in [6, 6.07) is 6.42. The Morgan fingerprint density at radius 3 is 2.44 bits per heavy atom. The molecule has 0 aromatic heterocycles. The Hall–Kier alpha value is -1.43. The Bertz CT molecular complexity index is 614. The van der Waals surface area contributed by atoms with Gasteiger partial charge in [0.1, 0.15) is 0 Å². The van der Waals surface area contributed by atoms with Gasteiger partial charge in [-0.3, -0.25) is 14.5 Å². The average Bonchev–Trinajstić information content (AvgIpc) is 3.11. The van der Waals surface area contributed by atoms with Crippen LogP contribution in [0.1, 0.15) is 55.3 Å². The van der Waals surface area contributed by atoms with Gasteiger partial charge < -0.3 is 10.4 Å². The molecule has 2 N–H and O–H groups in total. The summed E-state index contributed by atoms with van der Waals surface area (Å²) in [6.07, 6.45) is 5.53. The van der Waals surface area contributed by atoms with Gasteiger partial charge in [0.25, 0.3) is 5.91 Å². The van der Waals surface area contributed by atoms with E-state index in [1.54, 1.807) is 29.2 Å². The van der Waals surface area contributed by atoms with Crippen LogP contribution in [0.4, 0.5) is 0 Å². The Labute approximate surface area is 153 Å². The number of aliphatic hydroxyl groups is 1. The zero-order valence-corrected chi connectivity index (χ0v) is 15.0. The Balaban J connectivity index is 1.64. The molecule has 1 aromatic rings. The van der Waals surface area contributed by atoms with E-state index >= 15 is 0 Å². The van der Waals surface area contributed by atoms with E-state index in [1.165, 1.54) is 6.42 Å². The van der Waals surface area contributed by atoms with E-state index in [0.29, 0.717) is 23.6 Å². The van der Waals surface area contributed by atoms with Gasteiger partial charge in [-0.2, -0.15) is 0 Å². The minimum Gasteiger partial charge on any atom is -0.370 e. The number of benzene rings is 1. The molecule has 25 heavy (non-hydrogen) atoms. The first kappa shape index (κ1) is 18.4. The van der Waals surface area contributed by atoms with Crippen molar-refractivity contribution in [2.75, 3.05) is 6.54 Å². The number of amides is 1. The Morgan fingerprint density at radius 1 is 1.08 bits per heavy atom. The molecule has 3 rings (SSSR count). The van der Waals surface area contributed by atoms with Crippen molar-refractivity contribution in [2.24, 2.45) is 0 Å². The van der Waals surface area contributed by atoms with Crippen molar-refractivity contribution < 1.29 is 14.7 Å². The smallest absolute Gasteiger partial charge is 0.264 e. The molecule has 0 spiro atoms. The SMILES string of the molecule is O=C(NC1CCCCC1)C(O)N1CCCC1C(=O)c1ccc(Cl)cc1. The number of hydrogen-bond donors (Lipinski definition) is 2. The fraction of sp³-hybridized carbons (Fsp3) is 0.579. The molecule has 1 amide bonds.